The second-order valence-corrected chi connectivity index (χ2v) is 9.51. The molecule has 4 heteroatoms. The quantitative estimate of drug-likeness (QED) is 0.540. The Balaban J connectivity index is 4.52. The lowest BCUT2D eigenvalue weighted by Crippen LogP contribution is -2.63. The molecular weight excluding hydrogens is 180 g/mol. The van der Waals surface area contributed by atoms with Gasteiger partial charge in [-0.2, -0.15) is 0 Å². The Bertz CT molecular complexity index is 173. The largest absolute Gasteiger partial charge is 0.398 e. The van der Waals surface area contributed by atoms with E-state index in [2.05, 4.69) is 13.1 Å². The van der Waals surface area contributed by atoms with E-state index in [-0.39, 0.29) is 5.16 Å². The van der Waals surface area contributed by atoms with E-state index in [0.717, 1.165) is 6.42 Å². The molecule has 13 heavy (non-hydrogen) atoms. The van der Waals surface area contributed by atoms with Gasteiger partial charge in [0.2, 0.25) is 8.32 Å². The van der Waals surface area contributed by atoms with Crippen LogP contribution in [0.25, 0.3) is 0 Å². The lowest BCUT2D eigenvalue weighted by atomic mass is 10.2. The smallest absolute Gasteiger partial charge is 0.208 e. The van der Waals surface area contributed by atoms with Crippen LogP contribution < -0.4 is 11.5 Å². The predicted molar refractivity (Wildman–Crippen MR) is 59.7 cm³/mol. The summed E-state index contributed by atoms with van der Waals surface area (Å²) in [5, 5.41) is -0.261. The number of hydrogen-bond donors (Lipinski definition) is 2. The van der Waals surface area contributed by atoms with Crippen LogP contribution >= 0.6 is 0 Å². The fourth-order valence-corrected chi connectivity index (χ4v) is 2.36. The molecule has 80 valence electrons. The summed E-state index contributed by atoms with van der Waals surface area (Å²) < 4.78 is 5.93. The third-order valence-corrected chi connectivity index (χ3v) is 6.82. The highest BCUT2D eigenvalue weighted by Crippen LogP contribution is 2.24. The van der Waals surface area contributed by atoms with Crippen molar-refractivity contribution >= 4 is 8.32 Å². The average Bonchev–Trinajstić information content (AvgIpc) is 1.83. The van der Waals surface area contributed by atoms with Crippen LogP contribution in [0.15, 0.2) is 0 Å². The SMILES string of the molecule is CCC(C)(N)O[Si](C)(C)C(C)(C)N. The molecule has 0 aromatic carbocycles. The average molecular weight is 204 g/mol. The van der Waals surface area contributed by atoms with Crippen LogP contribution in [-0.2, 0) is 4.43 Å². The van der Waals surface area contributed by atoms with Crippen molar-refractivity contribution in [2.75, 3.05) is 0 Å². The van der Waals surface area contributed by atoms with E-state index < -0.39 is 14.0 Å². The maximum atomic E-state index is 6.06. The molecular formula is C9H24N2OSi. The van der Waals surface area contributed by atoms with Crippen LogP contribution in [0.4, 0.5) is 0 Å². The first kappa shape index (κ1) is 13.1. The monoisotopic (exact) mass is 204 g/mol. The molecule has 0 aliphatic carbocycles. The van der Waals surface area contributed by atoms with Gasteiger partial charge in [0.15, 0.2) is 0 Å². The van der Waals surface area contributed by atoms with Crippen LogP contribution in [0.3, 0.4) is 0 Å². The minimum Gasteiger partial charge on any atom is -0.398 e. The van der Waals surface area contributed by atoms with Crippen LogP contribution in [-0.4, -0.2) is 19.2 Å². The summed E-state index contributed by atoms with van der Waals surface area (Å²) in [6.45, 7) is 12.2. The molecule has 3 nitrogen and oxygen atoms in total. The van der Waals surface area contributed by atoms with Crippen LogP contribution in [0.5, 0.6) is 0 Å². The molecule has 0 saturated carbocycles. The maximum absolute atomic E-state index is 6.06. The van der Waals surface area contributed by atoms with Crippen molar-refractivity contribution in [3.63, 3.8) is 0 Å². The van der Waals surface area contributed by atoms with E-state index in [4.69, 9.17) is 15.9 Å². The van der Waals surface area contributed by atoms with E-state index in [0.29, 0.717) is 0 Å². The van der Waals surface area contributed by atoms with Crippen molar-refractivity contribution in [2.24, 2.45) is 11.5 Å². The van der Waals surface area contributed by atoms with Crippen molar-refractivity contribution < 1.29 is 4.43 Å². The van der Waals surface area contributed by atoms with Gasteiger partial charge < -0.3 is 15.9 Å². The molecule has 1 atom stereocenters. The second-order valence-electron chi connectivity index (χ2n) is 5.00. The molecule has 0 aliphatic rings. The van der Waals surface area contributed by atoms with Gasteiger partial charge in [-0.15, -0.1) is 0 Å². The van der Waals surface area contributed by atoms with Gasteiger partial charge in [0.25, 0.3) is 0 Å². The number of rotatable bonds is 4. The standard InChI is InChI=1S/C9H24N2OSi/c1-7-9(4,11)12-13(5,6)8(2,3)10/h7,10-11H2,1-6H3. The molecule has 0 aromatic heterocycles. The first-order valence-electron chi connectivity index (χ1n) is 4.80. The van der Waals surface area contributed by atoms with Gasteiger partial charge >= 0.3 is 0 Å². The van der Waals surface area contributed by atoms with E-state index >= 15 is 0 Å². The van der Waals surface area contributed by atoms with Crippen molar-refractivity contribution in [1.29, 1.82) is 0 Å². The summed E-state index contributed by atoms with van der Waals surface area (Å²) in [5.74, 6) is 0. The molecule has 0 rings (SSSR count). The highest BCUT2D eigenvalue weighted by molar-refractivity contribution is 6.74. The van der Waals surface area contributed by atoms with Crippen molar-refractivity contribution in [1.82, 2.24) is 0 Å². The summed E-state index contributed by atoms with van der Waals surface area (Å²) in [4.78, 5) is 0. The highest BCUT2D eigenvalue weighted by Gasteiger charge is 2.41. The first-order valence-corrected chi connectivity index (χ1v) is 7.70. The normalized spacial score (nSPS) is 18.5. The lowest BCUT2D eigenvalue weighted by molar-refractivity contribution is 0.0748. The van der Waals surface area contributed by atoms with Crippen molar-refractivity contribution in [2.45, 2.75) is 58.1 Å². The maximum Gasteiger partial charge on any atom is 0.208 e. The third kappa shape index (κ3) is 3.77. The topological polar surface area (TPSA) is 61.3 Å². The summed E-state index contributed by atoms with van der Waals surface area (Å²) in [5.41, 5.74) is 11.5. The summed E-state index contributed by atoms with van der Waals surface area (Å²) >= 11 is 0. The van der Waals surface area contributed by atoms with Gasteiger partial charge in [0.05, 0.1) is 0 Å². The Morgan fingerprint density at radius 1 is 1.15 bits per heavy atom. The Morgan fingerprint density at radius 2 is 1.54 bits per heavy atom. The van der Waals surface area contributed by atoms with Crippen LogP contribution in [0.1, 0.15) is 34.1 Å². The number of hydrogen-bond acceptors (Lipinski definition) is 3. The molecule has 0 amide bonds. The zero-order valence-electron chi connectivity index (χ0n) is 9.77. The fourth-order valence-electron chi connectivity index (χ4n) is 0.787. The summed E-state index contributed by atoms with van der Waals surface area (Å²) in [6, 6.07) is 0. The van der Waals surface area contributed by atoms with E-state index in [1.807, 2.05) is 27.7 Å². The molecule has 0 aliphatic heterocycles. The Labute approximate surface area is 83.0 Å². The molecule has 0 saturated heterocycles. The Kier molecular flexibility index (Phi) is 3.72. The first-order chi connectivity index (χ1) is 5.52. The molecule has 4 N–H and O–H groups in total. The van der Waals surface area contributed by atoms with Crippen molar-refractivity contribution in [3.05, 3.63) is 0 Å². The highest BCUT2D eigenvalue weighted by atomic mass is 28.4. The third-order valence-electron chi connectivity index (χ3n) is 2.74. The molecule has 0 heterocycles. The van der Waals surface area contributed by atoms with Gasteiger partial charge in [0, 0.05) is 5.16 Å². The Hall–Kier alpha value is 0.0969. The molecule has 1 unspecified atom stereocenters. The van der Waals surface area contributed by atoms with Gasteiger partial charge in [-0.1, -0.05) is 6.92 Å². The summed E-state index contributed by atoms with van der Waals surface area (Å²) in [6.07, 6.45) is 0.805. The zero-order chi connectivity index (χ0) is 10.9. The minimum atomic E-state index is -1.91. The van der Waals surface area contributed by atoms with Crippen LogP contribution in [0.2, 0.25) is 13.1 Å². The van der Waals surface area contributed by atoms with Gasteiger partial charge in [-0.3, -0.25) is 0 Å². The fraction of sp³-hybridized carbons (Fsp3) is 1.00. The molecule has 0 fully saturated rings. The van der Waals surface area contributed by atoms with Crippen molar-refractivity contribution in [3.8, 4) is 0 Å². The molecule has 0 spiro atoms. The second kappa shape index (κ2) is 3.69. The molecule has 0 aromatic rings. The number of nitrogens with two attached hydrogens (primary N) is 2. The minimum absolute atomic E-state index is 0.261. The van der Waals surface area contributed by atoms with E-state index in [1.54, 1.807) is 0 Å². The lowest BCUT2D eigenvalue weighted by Gasteiger charge is -2.41. The Morgan fingerprint density at radius 3 is 1.77 bits per heavy atom. The van der Waals surface area contributed by atoms with Gasteiger partial charge in [0.1, 0.15) is 5.72 Å². The predicted octanol–water partition coefficient (Wildman–Crippen LogP) is 1.57. The van der Waals surface area contributed by atoms with Gasteiger partial charge in [-0.05, 0) is 40.3 Å². The molecule has 0 bridgehead atoms. The van der Waals surface area contributed by atoms with Crippen LogP contribution in [0, 0.1) is 0 Å². The van der Waals surface area contributed by atoms with Gasteiger partial charge in [-0.25, -0.2) is 0 Å². The summed E-state index contributed by atoms with van der Waals surface area (Å²) in [7, 11) is -1.91. The molecule has 0 radical (unpaired) electrons. The van der Waals surface area contributed by atoms with E-state index in [1.165, 1.54) is 0 Å². The van der Waals surface area contributed by atoms with E-state index in [9.17, 15) is 0 Å². The zero-order valence-corrected chi connectivity index (χ0v) is 10.8.